The number of aliphatic hydroxyl groups excluding tert-OH is 1. The average molecular weight is 892 g/mol. The fourth-order valence-electron chi connectivity index (χ4n) is 9.51. The van der Waals surface area contributed by atoms with Crippen molar-refractivity contribution in [2.45, 2.75) is 354 Å². The summed E-state index contributed by atoms with van der Waals surface area (Å²) in [6.45, 7) is 5.43. The van der Waals surface area contributed by atoms with Gasteiger partial charge in [-0.1, -0.05) is 328 Å². The van der Waals surface area contributed by atoms with Crippen molar-refractivity contribution in [3.05, 3.63) is 0 Å². The van der Waals surface area contributed by atoms with E-state index < -0.39 is 6.10 Å². The highest BCUT2D eigenvalue weighted by atomic mass is 16.6. The topological polar surface area (TPSA) is 55.8 Å². The van der Waals surface area contributed by atoms with Crippen molar-refractivity contribution >= 4 is 5.97 Å². The SMILES string of the molecule is CCCCCCCCCCCCCCCCCCCCCCCCCCCCOCC(CO)OC(=O)CCCCCCCCCCCCCCCCCCCCCCCCCCC. The molecule has 0 bridgehead atoms. The van der Waals surface area contributed by atoms with Crippen LogP contribution >= 0.6 is 0 Å². The van der Waals surface area contributed by atoms with Crippen molar-refractivity contribution < 1.29 is 19.4 Å². The van der Waals surface area contributed by atoms with Crippen molar-refractivity contribution in [3.63, 3.8) is 0 Å². The van der Waals surface area contributed by atoms with Gasteiger partial charge in [-0.25, -0.2) is 0 Å². The van der Waals surface area contributed by atoms with Gasteiger partial charge in [0.1, 0.15) is 6.10 Å². The van der Waals surface area contributed by atoms with E-state index in [1.165, 1.54) is 308 Å². The lowest BCUT2D eigenvalue weighted by Gasteiger charge is -2.16. The van der Waals surface area contributed by atoms with E-state index in [-0.39, 0.29) is 12.6 Å². The molecule has 4 heteroatoms. The summed E-state index contributed by atoms with van der Waals surface area (Å²) in [5.74, 6) is -0.188. The van der Waals surface area contributed by atoms with Crippen LogP contribution in [0.2, 0.25) is 0 Å². The molecule has 1 atom stereocenters. The maximum Gasteiger partial charge on any atom is 0.306 e. The van der Waals surface area contributed by atoms with Gasteiger partial charge in [-0.15, -0.1) is 0 Å². The van der Waals surface area contributed by atoms with Gasteiger partial charge in [0.15, 0.2) is 0 Å². The summed E-state index contributed by atoms with van der Waals surface area (Å²) < 4.78 is 11.3. The predicted molar refractivity (Wildman–Crippen MR) is 279 cm³/mol. The molecule has 0 spiro atoms. The lowest BCUT2D eigenvalue weighted by molar-refractivity contribution is -0.154. The highest BCUT2D eigenvalue weighted by Gasteiger charge is 2.13. The first-order chi connectivity index (χ1) is 31.2. The number of aliphatic hydroxyl groups is 1. The summed E-state index contributed by atoms with van der Waals surface area (Å²) in [6, 6.07) is 0. The van der Waals surface area contributed by atoms with Crippen LogP contribution in [0.1, 0.15) is 348 Å². The number of hydrogen-bond acceptors (Lipinski definition) is 4. The van der Waals surface area contributed by atoms with Gasteiger partial charge in [0.25, 0.3) is 0 Å². The largest absolute Gasteiger partial charge is 0.457 e. The van der Waals surface area contributed by atoms with Gasteiger partial charge >= 0.3 is 5.97 Å². The molecular formula is C59H118O4. The Morgan fingerprint density at radius 3 is 0.746 bits per heavy atom. The Labute approximate surface area is 397 Å². The van der Waals surface area contributed by atoms with E-state index in [0.29, 0.717) is 19.6 Å². The fraction of sp³-hybridized carbons (Fsp3) is 0.983. The van der Waals surface area contributed by atoms with E-state index in [9.17, 15) is 9.90 Å². The molecule has 0 radical (unpaired) electrons. The fourth-order valence-corrected chi connectivity index (χ4v) is 9.51. The first-order valence-electron chi connectivity index (χ1n) is 29.6. The average Bonchev–Trinajstić information content (AvgIpc) is 3.29. The number of rotatable bonds is 57. The van der Waals surface area contributed by atoms with Crippen LogP contribution in [-0.2, 0) is 14.3 Å². The lowest BCUT2D eigenvalue weighted by Crippen LogP contribution is -2.27. The number of ether oxygens (including phenoxy) is 2. The molecule has 4 nitrogen and oxygen atoms in total. The quantitative estimate of drug-likeness (QED) is 0.0488. The second kappa shape index (κ2) is 57.5. The molecule has 0 aliphatic rings. The van der Waals surface area contributed by atoms with Crippen LogP contribution in [0.4, 0.5) is 0 Å². The third kappa shape index (κ3) is 55.6. The van der Waals surface area contributed by atoms with Crippen molar-refractivity contribution in [2.75, 3.05) is 19.8 Å². The van der Waals surface area contributed by atoms with Gasteiger partial charge in [-0.05, 0) is 12.8 Å². The minimum Gasteiger partial charge on any atom is -0.457 e. The van der Waals surface area contributed by atoms with Crippen molar-refractivity contribution in [1.82, 2.24) is 0 Å². The van der Waals surface area contributed by atoms with Gasteiger partial charge in [0.05, 0.1) is 13.2 Å². The summed E-state index contributed by atoms with van der Waals surface area (Å²) in [5.41, 5.74) is 0. The van der Waals surface area contributed by atoms with Crippen LogP contribution in [0.25, 0.3) is 0 Å². The Bertz CT molecular complexity index is 815. The Balaban J connectivity index is 3.30. The van der Waals surface area contributed by atoms with E-state index in [1.54, 1.807) is 0 Å². The number of hydrogen-bond donors (Lipinski definition) is 1. The molecule has 0 aromatic rings. The molecule has 0 aromatic heterocycles. The second-order valence-electron chi connectivity index (χ2n) is 20.4. The van der Waals surface area contributed by atoms with E-state index >= 15 is 0 Å². The van der Waals surface area contributed by atoms with Crippen LogP contribution in [-0.4, -0.2) is 37.0 Å². The molecule has 1 N–H and O–H groups in total. The zero-order valence-electron chi connectivity index (χ0n) is 43.6. The monoisotopic (exact) mass is 891 g/mol. The minimum absolute atomic E-state index is 0.162. The zero-order chi connectivity index (χ0) is 45.5. The van der Waals surface area contributed by atoms with Crippen LogP contribution in [0, 0.1) is 0 Å². The number of carbonyl (C=O) groups excluding carboxylic acids is 1. The highest BCUT2D eigenvalue weighted by Crippen LogP contribution is 2.18. The molecule has 0 heterocycles. The third-order valence-electron chi connectivity index (χ3n) is 13.9. The lowest BCUT2D eigenvalue weighted by atomic mass is 10.0. The normalized spacial score (nSPS) is 12.1. The molecule has 0 saturated heterocycles. The summed E-state index contributed by atoms with van der Waals surface area (Å²) in [6.07, 6.45) is 71.0. The van der Waals surface area contributed by atoms with Gasteiger partial charge in [-0.3, -0.25) is 4.79 Å². The maximum absolute atomic E-state index is 12.3. The van der Waals surface area contributed by atoms with Crippen LogP contribution < -0.4 is 0 Å². The van der Waals surface area contributed by atoms with Gasteiger partial charge in [0, 0.05) is 13.0 Å². The van der Waals surface area contributed by atoms with Crippen LogP contribution in [0.3, 0.4) is 0 Å². The summed E-state index contributed by atoms with van der Waals surface area (Å²) >= 11 is 0. The molecule has 0 aliphatic heterocycles. The predicted octanol–water partition coefficient (Wildman–Crippen LogP) is 20.2. The maximum atomic E-state index is 12.3. The van der Waals surface area contributed by atoms with Gasteiger partial charge in [-0.2, -0.15) is 0 Å². The van der Waals surface area contributed by atoms with E-state index in [1.807, 2.05) is 0 Å². The van der Waals surface area contributed by atoms with Crippen LogP contribution in [0.15, 0.2) is 0 Å². The molecule has 1 unspecified atom stereocenters. The van der Waals surface area contributed by atoms with E-state index in [2.05, 4.69) is 13.8 Å². The van der Waals surface area contributed by atoms with Gasteiger partial charge in [0.2, 0.25) is 0 Å². The molecular weight excluding hydrogens is 773 g/mol. The molecule has 63 heavy (non-hydrogen) atoms. The first kappa shape index (κ1) is 62.4. The molecule has 0 aliphatic carbocycles. The minimum atomic E-state index is -0.527. The Hall–Kier alpha value is -0.610. The van der Waals surface area contributed by atoms with E-state index in [0.717, 1.165) is 19.3 Å². The molecule has 0 aromatic carbocycles. The highest BCUT2D eigenvalue weighted by molar-refractivity contribution is 5.69. The molecule has 0 rings (SSSR count). The molecule has 0 saturated carbocycles. The summed E-state index contributed by atoms with van der Waals surface area (Å²) in [4.78, 5) is 12.3. The zero-order valence-corrected chi connectivity index (χ0v) is 43.6. The molecule has 0 fully saturated rings. The molecule has 378 valence electrons. The smallest absolute Gasteiger partial charge is 0.306 e. The Kier molecular flexibility index (Phi) is 57.0. The molecule has 0 amide bonds. The first-order valence-corrected chi connectivity index (χ1v) is 29.6. The summed E-state index contributed by atoms with van der Waals surface area (Å²) in [5, 5.41) is 9.68. The van der Waals surface area contributed by atoms with Crippen molar-refractivity contribution in [3.8, 4) is 0 Å². The van der Waals surface area contributed by atoms with E-state index in [4.69, 9.17) is 9.47 Å². The summed E-state index contributed by atoms with van der Waals surface area (Å²) in [7, 11) is 0. The van der Waals surface area contributed by atoms with Crippen LogP contribution in [0.5, 0.6) is 0 Å². The standard InChI is InChI=1S/C59H118O4/c1-3-5-7-9-11-13-15-17-19-21-23-25-27-29-31-33-35-37-39-41-43-45-47-49-51-53-55-62-57-58(56-60)63-59(61)54-52-50-48-46-44-42-40-38-36-34-32-30-28-26-24-22-20-18-16-14-12-10-8-6-4-2/h58,60H,3-57H2,1-2H3. The van der Waals surface area contributed by atoms with Gasteiger partial charge < -0.3 is 14.6 Å². The van der Waals surface area contributed by atoms with Crippen molar-refractivity contribution in [1.29, 1.82) is 0 Å². The van der Waals surface area contributed by atoms with Crippen molar-refractivity contribution in [2.24, 2.45) is 0 Å². The Morgan fingerprint density at radius 2 is 0.524 bits per heavy atom. The second-order valence-corrected chi connectivity index (χ2v) is 20.4. The number of esters is 1. The Morgan fingerprint density at radius 1 is 0.317 bits per heavy atom. The number of unbranched alkanes of at least 4 members (excludes halogenated alkanes) is 49. The third-order valence-corrected chi connectivity index (χ3v) is 13.9. The number of carbonyl (C=O) groups is 1.